The number of nitrogens with one attached hydrogen (secondary N) is 1. The highest BCUT2D eigenvalue weighted by molar-refractivity contribution is 5.91. The number of para-hydroxylation sites is 1. The Balaban J connectivity index is 2.12. The highest BCUT2D eigenvalue weighted by Crippen LogP contribution is 2.24. The second-order valence-electron chi connectivity index (χ2n) is 4.46. The minimum atomic E-state index is -1.30. The molecular weight excluding hydrogens is 253 g/mol. The number of rotatable bonds is 5. The molecule has 1 aromatic rings. The Morgan fingerprint density at radius 3 is 2.74 bits per heavy atom. The molecule has 2 N–H and O–H groups in total. The highest BCUT2D eigenvalue weighted by Gasteiger charge is 2.27. The minimum absolute atomic E-state index is 0.165. The van der Waals surface area contributed by atoms with Crippen molar-refractivity contribution in [2.75, 3.05) is 0 Å². The zero-order valence-electron chi connectivity index (χ0n) is 10.4. The van der Waals surface area contributed by atoms with Crippen LogP contribution in [0.3, 0.4) is 0 Å². The number of carbonyl (C=O) groups is 2. The van der Waals surface area contributed by atoms with Crippen LogP contribution >= 0.6 is 0 Å². The molecule has 0 bridgehead atoms. The smallest absolute Gasteiger partial charge is 0.339 e. The zero-order valence-corrected chi connectivity index (χ0v) is 10.4. The molecule has 1 atom stereocenters. The summed E-state index contributed by atoms with van der Waals surface area (Å²) in [5, 5.41) is 11.7. The number of hydrogen-bond donors (Lipinski definition) is 2. The Bertz CT molecular complexity index is 513. The number of carboxylic acid groups (broad SMARTS) is 1. The molecule has 0 saturated heterocycles. The van der Waals surface area contributed by atoms with Crippen LogP contribution in [0.4, 0.5) is 4.39 Å². The molecule has 1 aromatic carbocycles. The van der Waals surface area contributed by atoms with Gasteiger partial charge in [0, 0.05) is 6.04 Å². The monoisotopic (exact) mass is 267 g/mol. The summed E-state index contributed by atoms with van der Waals surface area (Å²) < 4.78 is 18.7. The highest BCUT2D eigenvalue weighted by atomic mass is 19.1. The van der Waals surface area contributed by atoms with Gasteiger partial charge in [-0.25, -0.2) is 9.18 Å². The van der Waals surface area contributed by atoms with Crippen molar-refractivity contribution in [3.63, 3.8) is 0 Å². The Kier molecular flexibility index (Phi) is 3.69. The molecule has 5 nitrogen and oxygen atoms in total. The predicted octanol–water partition coefficient (Wildman–Crippen LogP) is 1.57. The van der Waals surface area contributed by atoms with Gasteiger partial charge in [-0.1, -0.05) is 6.07 Å². The number of aromatic carboxylic acids is 1. The van der Waals surface area contributed by atoms with Crippen molar-refractivity contribution in [1.29, 1.82) is 0 Å². The molecule has 1 fully saturated rings. The van der Waals surface area contributed by atoms with Gasteiger partial charge in [-0.3, -0.25) is 4.79 Å². The van der Waals surface area contributed by atoms with E-state index in [9.17, 15) is 14.0 Å². The van der Waals surface area contributed by atoms with Crippen LogP contribution in [0, 0.1) is 5.82 Å². The van der Waals surface area contributed by atoms with E-state index in [0.717, 1.165) is 18.9 Å². The van der Waals surface area contributed by atoms with Gasteiger partial charge in [0.05, 0.1) is 0 Å². The lowest BCUT2D eigenvalue weighted by Crippen LogP contribution is -2.37. The average molecular weight is 267 g/mol. The van der Waals surface area contributed by atoms with E-state index in [1.807, 2.05) is 0 Å². The van der Waals surface area contributed by atoms with E-state index < -0.39 is 23.6 Å². The van der Waals surface area contributed by atoms with Crippen molar-refractivity contribution in [1.82, 2.24) is 5.32 Å². The van der Waals surface area contributed by atoms with Crippen LogP contribution in [0.1, 0.15) is 30.1 Å². The van der Waals surface area contributed by atoms with E-state index in [1.54, 1.807) is 0 Å². The fraction of sp³-hybridized carbons (Fsp3) is 0.385. The van der Waals surface area contributed by atoms with Gasteiger partial charge in [0.1, 0.15) is 5.56 Å². The SMILES string of the molecule is CC(Oc1c(F)cccc1C(=O)O)C(=O)NC1CC1. The van der Waals surface area contributed by atoms with Gasteiger partial charge >= 0.3 is 5.97 Å². The van der Waals surface area contributed by atoms with Crippen LogP contribution in [0.15, 0.2) is 18.2 Å². The van der Waals surface area contributed by atoms with E-state index in [1.165, 1.54) is 19.1 Å². The number of hydrogen-bond acceptors (Lipinski definition) is 3. The van der Waals surface area contributed by atoms with E-state index in [4.69, 9.17) is 9.84 Å². The van der Waals surface area contributed by atoms with Crippen LogP contribution in [0.2, 0.25) is 0 Å². The summed E-state index contributed by atoms with van der Waals surface area (Å²) in [6, 6.07) is 3.76. The topological polar surface area (TPSA) is 75.6 Å². The summed E-state index contributed by atoms with van der Waals surface area (Å²) in [7, 11) is 0. The maximum absolute atomic E-state index is 13.6. The summed E-state index contributed by atoms with van der Waals surface area (Å²) in [4.78, 5) is 22.7. The standard InChI is InChI=1S/C13H14FNO4/c1-7(12(16)15-8-5-6-8)19-11-9(13(17)18)3-2-4-10(11)14/h2-4,7-8H,5-6H2,1H3,(H,15,16)(H,17,18). The number of carbonyl (C=O) groups excluding carboxylic acids is 1. The quantitative estimate of drug-likeness (QED) is 0.849. The first-order valence-electron chi connectivity index (χ1n) is 5.98. The van der Waals surface area contributed by atoms with Gasteiger partial charge in [0.15, 0.2) is 17.7 Å². The molecule has 1 aliphatic carbocycles. The molecule has 2 rings (SSSR count). The third-order valence-electron chi connectivity index (χ3n) is 2.78. The van der Waals surface area contributed by atoms with Crippen molar-refractivity contribution in [2.24, 2.45) is 0 Å². The van der Waals surface area contributed by atoms with E-state index >= 15 is 0 Å². The summed E-state index contributed by atoms with van der Waals surface area (Å²) in [5.41, 5.74) is -0.300. The van der Waals surface area contributed by atoms with Gasteiger partial charge < -0.3 is 15.2 Å². The Labute approximate surface area is 109 Å². The van der Waals surface area contributed by atoms with E-state index in [-0.39, 0.29) is 17.5 Å². The molecule has 0 aliphatic heterocycles. The Morgan fingerprint density at radius 2 is 2.16 bits per heavy atom. The molecule has 6 heteroatoms. The van der Waals surface area contributed by atoms with Crippen molar-refractivity contribution in [3.8, 4) is 5.75 Å². The summed E-state index contributed by atoms with van der Waals surface area (Å²) in [6.45, 7) is 1.45. The number of halogens is 1. The summed E-state index contributed by atoms with van der Waals surface area (Å²) >= 11 is 0. The molecule has 0 spiro atoms. The first-order chi connectivity index (χ1) is 8.99. The van der Waals surface area contributed by atoms with Gasteiger partial charge in [-0.15, -0.1) is 0 Å². The van der Waals surface area contributed by atoms with Gasteiger partial charge in [0.2, 0.25) is 0 Å². The fourth-order valence-corrected chi connectivity index (χ4v) is 1.57. The van der Waals surface area contributed by atoms with Gasteiger partial charge in [0.25, 0.3) is 5.91 Å². The fourth-order valence-electron chi connectivity index (χ4n) is 1.57. The molecule has 102 valence electrons. The summed E-state index contributed by atoms with van der Waals surface area (Å²) in [6.07, 6.45) is 0.910. The molecule has 19 heavy (non-hydrogen) atoms. The molecular formula is C13H14FNO4. The molecule has 0 heterocycles. The average Bonchev–Trinajstić information content (AvgIpc) is 3.15. The van der Waals surface area contributed by atoms with Crippen molar-refractivity contribution in [3.05, 3.63) is 29.6 Å². The second kappa shape index (κ2) is 5.26. The zero-order chi connectivity index (χ0) is 14.0. The van der Waals surface area contributed by atoms with Crippen LogP contribution in [0.5, 0.6) is 5.75 Å². The Hall–Kier alpha value is -2.11. The first-order valence-corrected chi connectivity index (χ1v) is 5.98. The number of carboxylic acids is 1. The van der Waals surface area contributed by atoms with Crippen molar-refractivity contribution < 1.29 is 23.8 Å². The van der Waals surface area contributed by atoms with E-state index in [0.29, 0.717) is 0 Å². The molecule has 1 unspecified atom stereocenters. The normalized spacial score (nSPS) is 15.7. The molecule has 0 radical (unpaired) electrons. The van der Waals surface area contributed by atoms with Crippen molar-refractivity contribution in [2.45, 2.75) is 31.9 Å². The maximum Gasteiger partial charge on any atom is 0.339 e. The molecule has 0 aromatic heterocycles. The maximum atomic E-state index is 13.6. The number of ether oxygens (including phenoxy) is 1. The first kappa shape index (κ1) is 13.3. The molecule has 1 saturated carbocycles. The third kappa shape index (κ3) is 3.21. The predicted molar refractivity (Wildman–Crippen MR) is 64.6 cm³/mol. The summed E-state index contributed by atoms with van der Waals surface area (Å²) in [5.74, 6) is -2.88. The lowest BCUT2D eigenvalue weighted by Gasteiger charge is -2.16. The number of amides is 1. The lowest BCUT2D eigenvalue weighted by atomic mass is 10.2. The van der Waals surface area contributed by atoms with E-state index in [2.05, 4.69) is 5.32 Å². The second-order valence-corrected chi connectivity index (χ2v) is 4.46. The minimum Gasteiger partial charge on any atom is -0.478 e. The number of benzene rings is 1. The van der Waals surface area contributed by atoms with Gasteiger partial charge in [-0.05, 0) is 31.9 Å². The van der Waals surface area contributed by atoms with Crippen LogP contribution in [0.25, 0.3) is 0 Å². The van der Waals surface area contributed by atoms with Crippen LogP contribution in [-0.4, -0.2) is 29.1 Å². The van der Waals surface area contributed by atoms with Gasteiger partial charge in [-0.2, -0.15) is 0 Å². The van der Waals surface area contributed by atoms with Crippen molar-refractivity contribution >= 4 is 11.9 Å². The van der Waals surface area contributed by atoms with Crippen LogP contribution in [-0.2, 0) is 4.79 Å². The third-order valence-corrected chi connectivity index (χ3v) is 2.78. The van der Waals surface area contributed by atoms with Crippen LogP contribution < -0.4 is 10.1 Å². The molecule has 1 amide bonds. The lowest BCUT2D eigenvalue weighted by molar-refractivity contribution is -0.127. The largest absolute Gasteiger partial charge is 0.478 e. The molecule has 1 aliphatic rings. The Morgan fingerprint density at radius 1 is 1.47 bits per heavy atom.